The molecule has 1 atom stereocenters. The average Bonchev–Trinajstić information content (AvgIpc) is 3.07. The number of ether oxygens (including phenoxy) is 1. The molecule has 5 aliphatic rings. The summed E-state index contributed by atoms with van der Waals surface area (Å²) in [5, 5.41) is 12.3. The molecule has 4 saturated carbocycles. The van der Waals surface area contributed by atoms with Crippen LogP contribution < -0.4 is 10.1 Å². The van der Waals surface area contributed by atoms with Crippen LogP contribution in [-0.4, -0.2) is 65.4 Å². The highest BCUT2D eigenvalue weighted by molar-refractivity contribution is 5.88. The summed E-state index contributed by atoms with van der Waals surface area (Å²) in [4.78, 5) is 42.3. The number of para-hydroxylation sites is 1. The van der Waals surface area contributed by atoms with E-state index in [9.17, 15) is 19.5 Å². The summed E-state index contributed by atoms with van der Waals surface area (Å²) in [5.41, 5.74) is 3.08. The molecule has 2 N–H and O–H groups in total. The van der Waals surface area contributed by atoms with Gasteiger partial charge in [0, 0.05) is 37.2 Å². The van der Waals surface area contributed by atoms with Crippen LogP contribution in [0.3, 0.4) is 0 Å². The average molecular weight is 622 g/mol. The van der Waals surface area contributed by atoms with Crippen molar-refractivity contribution in [2.45, 2.75) is 51.2 Å². The van der Waals surface area contributed by atoms with E-state index in [-0.39, 0.29) is 35.4 Å². The highest BCUT2D eigenvalue weighted by Crippen LogP contribution is 2.60. The van der Waals surface area contributed by atoms with Crippen molar-refractivity contribution >= 4 is 17.8 Å². The van der Waals surface area contributed by atoms with Crippen LogP contribution in [0.25, 0.3) is 0 Å². The first kappa shape index (κ1) is 30.5. The SMILES string of the molecule is O=C(O)c1ccc(COc2ccccc2C(c2ccccc2)N2CCN(C(=O)CNC(=O)C34CC5CC(CC(C5)C3)C4)CC2)cc1. The number of carbonyl (C=O) groups is 3. The van der Waals surface area contributed by atoms with Gasteiger partial charge in [-0.05, 0) is 85.6 Å². The first-order valence-corrected chi connectivity index (χ1v) is 16.8. The second-order valence-electron chi connectivity index (χ2n) is 13.9. The van der Waals surface area contributed by atoms with Gasteiger partial charge in [-0.3, -0.25) is 14.5 Å². The van der Waals surface area contributed by atoms with Crippen LogP contribution in [0.15, 0.2) is 78.9 Å². The zero-order valence-corrected chi connectivity index (χ0v) is 26.3. The Morgan fingerprint density at radius 2 is 1.41 bits per heavy atom. The van der Waals surface area contributed by atoms with Crippen molar-refractivity contribution in [1.82, 2.24) is 15.1 Å². The van der Waals surface area contributed by atoms with Gasteiger partial charge < -0.3 is 20.1 Å². The first-order valence-electron chi connectivity index (χ1n) is 16.8. The Morgan fingerprint density at radius 3 is 2.04 bits per heavy atom. The van der Waals surface area contributed by atoms with Gasteiger partial charge in [0.1, 0.15) is 12.4 Å². The van der Waals surface area contributed by atoms with E-state index in [1.54, 1.807) is 24.3 Å². The van der Waals surface area contributed by atoms with Gasteiger partial charge in [0.15, 0.2) is 0 Å². The minimum Gasteiger partial charge on any atom is -0.489 e. The predicted molar refractivity (Wildman–Crippen MR) is 174 cm³/mol. The molecule has 1 unspecified atom stereocenters. The molecule has 1 aliphatic heterocycles. The number of carboxylic acids is 1. The van der Waals surface area contributed by atoms with Gasteiger partial charge in [0.05, 0.1) is 18.2 Å². The molecule has 1 heterocycles. The Hall–Kier alpha value is -4.17. The molecule has 240 valence electrons. The Balaban J connectivity index is 0.998. The van der Waals surface area contributed by atoms with Crippen LogP contribution in [0.1, 0.15) is 71.6 Å². The molecule has 0 aromatic heterocycles. The zero-order valence-electron chi connectivity index (χ0n) is 26.3. The molecule has 3 aromatic rings. The van der Waals surface area contributed by atoms with E-state index >= 15 is 0 Å². The Labute approximate surface area is 270 Å². The fraction of sp³-hybridized carbons (Fsp3) is 0.447. The number of piperazine rings is 1. The van der Waals surface area contributed by atoms with Gasteiger partial charge in [-0.15, -0.1) is 0 Å². The van der Waals surface area contributed by atoms with Crippen LogP contribution in [0.4, 0.5) is 0 Å². The number of rotatable bonds is 10. The Kier molecular flexibility index (Phi) is 8.56. The number of nitrogens with one attached hydrogen (secondary N) is 1. The smallest absolute Gasteiger partial charge is 0.335 e. The third-order valence-corrected chi connectivity index (χ3v) is 10.9. The van der Waals surface area contributed by atoms with Gasteiger partial charge >= 0.3 is 5.97 Å². The molecule has 3 aromatic carbocycles. The zero-order chi connectivity index (χ0) is 31.7. The second-order valence-corrected chi connectivity index (χ2v) is 13.9. The molecular weight excluding hydrogens is 578 g/mol. The van der Waals surface area contributed by atoms with Gasteiger partial charge in [0.25, 0.3) is 0 Å². The Morgan fingerprint density at radius 1 is 0.804 bits per heavy atom. The third kappa shape index (κ3) is 6.27. The molecule has 1 saturated heterocycles. The lowest BCUT2D eigenvalue weighted by atomic mass is 9.49. The molecule has 5 fully saturated rings. The summed E-state index contributed by atoms with van der Waals surface area (Å²) < 4.78 is 6.34. The van der Waals surface area contributed by atoms with E-state index in [0.29, 0.717) is 50.5 Å². The number of carboxylic acid groups (broad SMARTS) is 1. The lowest BCUT2D eigenvalue weighted by molar-refractivity contribution is -0.148. The Bertz CT molecular complexity index is 1530. The van der Waals surface area contributed by atoms with Crippen molar-refractivity contribution in [2.75, 3.05) is 32.7 Å². The maximum Gasteiger partial charge on any atom is 0.335 e. The minimum atomic E-state index is -0.951. The lowest BCUT2D eigenvalue weighted by Gasteiger charge is -2.55. The second kappa shape index (κ2) is 12.9. The highest BCUT2D eigenvalue weighted by Gasteiger charge is 2.54. The van der Waals surface area contributed by atoms with E-state index in [4.69, 9.17) is 4.74 Å². The van der Waals surface area contributed by atoms with Crippen molar-refractivity contribution in [3.05, 3.63) is 101 Å². The molecule has 0 spiro atoms. The van der Waals surface area contributed by atoms with Crippen molar-refractivity contribution in [1.29, 1.82) is 0 Å². The van der Waals surface area contributed by atoms with Crippen LogP contribution in [0.5, 0.6) is 5.75 Å². The van der Waals surface area contributed by atoms with Crippen LogP contribution in [0, 0.1) is 23.2 Å². The quantitative estimate of drug-likeness (QED) is 0.309. The summed E-state index contributed by atoms with van der Waals surface area (Å²) in [7, 11) is 0. The molecule has 4 aliphatic carbocycles. The van der Waals surface area contributed by atoms with E-state index in [2.05, 4.69) is 28.4 Å². The monoisotopic (exact) mass is 621 g/mol. The molecular formula is C38H43N3O5. The van der Waals surface area contributed by atoms with E-state index in [0.717, 1.165) is 41.7 Å². The molecule has 2 amide bonds. The molecule has 46 heavy (non-hydrogen) atoms. The number of aromatic carboxylic acids is 1. The number of hydrogen-bond acceptors (Lipinski definition) is 5. The summed E-state index contributed by atoms with van der Waals surface area (Å²) >= 11 is 0. The fourth-order valence-electron chi connectivity index (χ4n) is 9.04. The van der Waals surface area contributed by atoms with E-state index < -0.39 is 5.97 Å². The van der Waals surface area contributed by atoms with Crippen molar-refractivity contribution < 1.29 is 24.2 Å². The van der Waals surface area contributed by atoms with Gasteiger partial charge in [-0.2, -0.15) is 0 Å². The summed E-state index contributed by atoms with van der Waals surface area (Å²) in [6, 6.07) is 25.1. The normalized spacial score (nSPS) is 26.0. The summed E-state index contributed by atoms with van der Waals surface area (Å²) in [6.07, 6.45) is 6.87. The minimum absolute atomic E-state index is 0.00774. The fourth-order valence-corrected chi connectivity index (χ4v) is 9.04. The number of nitrogens with zero attached hydrogens (tertiary/aromatic N) is 2. The molecule has 8 heteroatoms. The standard InChI is InChI=1S/C38H43N3O5/c42-34(24-39-37(45)38-21-27-18-28(22-38)20-29(19-27)23-38)40-14-16-41(17-15-40)35(30-6-2-1-3-7-30)32-8-4-5-9-33(32)46-25-26-10-12-31(13-11-26)36(43)44/h1-13,27-29,35H,14-25H2,(H,39,45)(H,43,44). The van der Waals surface area contributed by atoms with Gasteiger partial charge in [-0.1, -0.05) is 60.7 Å². The molecule has 0 radical (unpaired) electrons. The molecule has 8 nitrogen and oxygen atoms in total. The van der Waals surface area contributed by atoms with Crippen molar-refractivity contribution in [2.24, 2.45) is 23.2 Å². The molecule has 4 bridgehead atoms. The van der Waals surface area contributed by atoms with Crippen LogP contribution in [0.2, 0.25) is 0 Å². The van der Waals surface area contributed by atoms with Crippen LogP contribution in [-0.2, 0) is 16.2 Å². The third-order valence-electron chi connectivity index (χ3n) is 10.9. The number of amides is 2. The van der Waals surface area contributed by atoms with Crippen LogP contribution >= 0.6 is 0 Å². The highest BCUT2D eigenvalue weighted by atomic mass is 16.5. The maximum absolute atomic E-state index is 13.4. The van der Waals surface area contributed by atoms with Gasteiger partial charge in [-0.25, -0.2) is 4.79 Å². The lowest BCUT2D eigenvalue weighted by Crippen LogP contribution is -2.56. The maximum atomic E-state index is 13.4. The van der Waals surface area contributed by atoms with Crippen molar-refractivity contribution in [3.8, 4) is 5.75 Å². The number of benzene rings is 3. The summed E-state index contributed by atoms with van der Waals surface area (Å²) in [5.74, 6) is 2.00. The molecule has 8 rings (SSSR count). The number of carbonyl (C=O) groups excluding carboxylic acids is 2. The van der Waals surface area contributed by atoms with Crippen molar-refractivity contribution in [3.63, 3.8) is 0 Å². The number of hydrogen-bond donors (Lipinski definition) is 2. The largest absolute Gasteiger partial charge is 0.489 e. The first-order chi connectivity index (χ1) is 22.4. The van der Waals surface area contributed by atoms with Gasteiger partial charge in [0.2, 0.25) is 11.8 Å². The topological polar surface area (TPSA) is 99.2 Å². The summed E-state index contributed by atoms with van der Waals surface area (Å²) in [6.45, 7) is 2.96. The predicted octanol–water partition coefficient (Wildman–Crippen LogP) is 5.53. The van der Waals surface area contributed by atoms with E-state index in [1.807, 2.05) is 41.3 Å². The van der Waals surface area contributed by atoms with E-state index in [1.165, 1.54) is 19.3 Å².